The van der Waals surface area contributed by atoms with Gasteiger partial charge in [-0.3, -0.25) is 4.90 Å². The number of aryl methyl sites for hydroxylation is 1. The minimum Gasteiger partial charge on any atom is -0.491 e. The number of rotatable bonds is 8. The summed E-state index contributed by atoms with van der Waals surface area (Å²) in [7, 11) is 0. The van der Waals surface area contributed by atoms with Crippen LogP contribution in [0.2, 0.25) is 0 Å². The van der Waals surface area contributed by atoms with Gasteiger partial charge in [-0.05, 0) is 57.6 Å². The molecule has 0 spiro atoms. The maximum atomic E-state index is 10.3. The van der Waals surface area contributed by atoms with Crippen molar-refractivity contribution in [2.24, 2.45) is 5.92 Å². The van der Waals surface area contributed by atoms with Crippen molar-refractivity contribution in [2.45, 2.75) is 57.7 Å². The molecule has 2 fully saturated rings. The lowest BCUT2D eigenvalue weighted by atomic mass is 10.1. The zero-order valence-corrected chi connectivity index (χ0v) is 13.2. The SMILES string of the molecule is Cc1ccc(OCC(O)CN(C2CC2)C(C)C2CC2)cc1. The molecular weight excluding hydrogens is 262 g/mol. The Hall–Kier alpha value is -1.06. The minimum atomic E-state index is -0.409. The third-order valence-corrected chi connectivity index (χ3v) is 4.73. The van der Waals surface area contributed by atoms with Crippen LogP contribution in [0.3, 0.4) is 0 Å². The average molecular weight is 289 g/mol. The minimum absolute atomic E-state index is 0.379. The third kappa shape index (κ3) is 4.21. The zero-order valence-electron chi connectivity index (χ0n) is 13.2. The van der Waals surface area contributed by atoms with Crippen LogP contribution >= 0.6 is 0 Å². The van der Waals surface area contributed by atoms with Crippen LogP contribution in [0, 0.1) is 12.8 Å². The molecule has 0 saturated heterocycles. The second-order valence-electron chi connectivity index (χ2n) is 6.78. The van der Waals surface area contributed by atoms with Crippen LogP contribution in [0.15, 0.2) is 24.3 Å². The van der Waals surface area contributed by atoms with E-state index in [0.717, 1.165) is 18.2 Å². The van der Waals surface area contributed by atoms with E-state index in [4.69, 9.17) is 4.74 Å². The highest BCUT2D eigenvalue weighted by atomic mass is 16.5. The van der Waals surface area contributed by atoms with Gasteiger partial charge in [-0.15, -0.1) is 0 Å². The molecule has 116 valence electrons. The molecule has 2 aliphatic carbocycles. The Morgan fingerprint density at radius 3 is 2.43 bits per heavy atom. The van der Waals surface area contributed by atoms with Crippen LogP contribution in [-0.2, 0) is 0 Å². The fourth-order valence-corrected chi connectivity index (χ4v) is 3.03. The quantitative estimate of drug-likeness (QED) is 0.798. The van der Waals surface area contributed by atoms with Gasteiger partial charge < -0.3 is 9.84 Å². The smallest absolute Gasteiger partial charge is 0.119 e. The lowest BCUT2D eigenvalue weighted by Gasteiger charge is -2.31. The molecule has 2 aliphatic rings. The molecule has 0 heterocycles. The van der Waals surface area contributed by atoms with Crippen LogP contribution in [-0.4, -0.2) is 41.3 Å². The number of nitrogens with zero attached hydrogens (tertiary/aromatic N) is 1. The third-order valence-electron chi connectivity index (χ3n) is 4.73. The molecule has 21 heavy (non-hydrogen) atoms. The van der Waals surface area contributed by atoms with Gasteiger partial charge in [0.1, 0.15) is 18.5 Å². The fraction of sp³-hybridized carbons (Fsp3) is 0.667. The van der Waals surface area contributed by atoms with Crippen molar-refractivity contribution in [1.82, 2.24) is 4.90 Å². The summed E-state index contributed by atoms with van der Waals surface area (Å²) in [6.07, 6.45) is 4.90. The first kappa shape index (κ1) is 14.9. The number of benzene rings is 1. The largest absolute Gasteiger partial charge is 0.491 e. The van der Waals surface area contributed by atoms with Crippen molar-refractivity contribution in [3.8, 4) is 5.75 Å². The Morgan fingerprint density at radius 2 is 1.86 bits per heavy atom. The van der Waals surface area contributed by atoms with Crippen molar-refractivity contribution in [2.75, 3.05) is 13.2 Å². The molecular formula is C18H27NO2. The second kappa shape index (κ2) is 6.37. The molecule has 0 aliphatic heterocycles. The molecule has 1 aromatic rings. The maximum absolute atomic E-state index is 10.3. The summed E-state index contributed by atoms with van der Waals surface area (Å²) in [5.41, 5.74) is 1.22. The van der Waals surface area contributed by atoms with E-state index in [1.165, 1.54) is 31.2 Å². The normalized spacial score (nSPS) is 21.3. The van der Waals surface area contributed by atoms with Gasteiger partial charge in [-0.25, -0.2) is 0 Å². The highest BCUT2D eigenvalue weighted by Crippen LogP contribution is 2.39. The van der Waals surface area contributed by atoms with Gasteiger partial charge in [-0.1, -0.05) is 17.7 Å². The second-order valence-corrected chi connectivity index (χ2v) is 6.78. The zero-order chi connectivity index (χ0) is 14.8. The molecule has 0 bridgehead atoms. The van der Waals surface area contributed by atoms with Gasteiger partial charge in [0.25, 0.3) is 0 Å². The lowest BCUT2D eigenvalue weighted by Crippen LogP contribution is -2.43. The van der Waals surface area contributed by atoms with Gasteiger partial charge >= 0.3 is 0 Å². The molecule has 1 N–H and O–H groups in total. The van der Waals surface area contributed by atoms with E-state index >= 15 is 0 Å². The Bertz CT molecular complexity index is 451. The van der Waals surface area contributed by atoms with Crippen molar-refractivity contribution in [3.63, 3.8) is 0 Å². The first-order chi connectivity index (χ1) is 10.1. The molecule has 1 aromatic carbocycles. The fourth-order valence-electron chi connectivity index (χ4n) is 3.03. The molecule has 0 radical (unpaired) electrons. The van der Waals surface area contributed by atoms with E-state index in [1.54, 1.807) is 0 Å². The molecule has 2 saturated carbocycles. The number of aliphatic hydroxyl groups excluding tert-OH is 1. The van der Waals surface area contributed by atoms with Gasteiger partial charge in [0.15, 0.2) is 0 Å². The van der Waals surface area contributed by atoms with Crippen LogP contribution in [0.1, 0.15) is 38.2 Å². The first-order valence-electron chi connectivity index (χ1n) is 8.27. The molecule has 3 rings (SSSR count). The molecule has 3 nitrogen and oxygen atoms in total. The van der Waals surface area contributed by atoms with Crippen LogP contribution < -0.4 is 4.74 Å². The van der Waals surface area contributed by atoms with E-state index < -0.39 is 6.10 Å². The van der Waals surface area contributed by atoms with Gasteiger partial charge in [-0.2, -0.15) is 0 Å². The van der Waals surface area contributed by atoms with E-state index in [9.17, 15) is 5.11 Å². The van der Waals surface area contributed by atoms with E-state index in [1.807, 2.05) is 24.3 Å². The average Bonchev–Trinajstić information content (AvgIpc) is 3.36. The highest BCUT2D eigenvalue weighted by Gasteiger charge is 2.39. The Morgan fingerprint density at radius 1 is 1.19 bits per heavy atom. The molecule has 0 aromatic heterocycles. The molecule has 2 unspecified atom stereocenters. The highest BCUT2D eigenvalue weighted by molar-refractivity contribution is 5.26. The first-order valence-corrected chi connectivity index (χ1v) is 8.27. The van der Waals surface area contributed by atoms with E-state index in [2.05, 4.69) is 18.7 Å². The summed E-state index contributed by atoms with van der Waals surface area (Å²) in [5, 5.41) is 10.3. The number of ether oxygens (including phenoxy) is 1. The van der Waals surface area contributed by atoms with E-state index in [-0.39, 0.29) is 0 Å². The summed E-state index contributed by atoms with van der Waals surface area (Å²) in [5.74, 6) is 1.70. The Labute approximate surface area is 127 Å². The van der Waals surface area contributed by atoms with Crippen LogP contribution in [0.25, 0.3) is 0 Å². The Kier molecular flexibility index (Phi) is 4.51. The monoisotopic (exact) mass is 289 g/mol. The predicted molar refractivity (Wildman–Crippen MR) is 84.6 cm³/mol. The summed E-state index contributed by atoms with van der Waals surface area (Å²) in [4.78, 5) is 2.51. The number of hydrogen-bond acceptors (Lipinski definition) is 3. The van der Waals surface area contributed by atoms with Crippen molar-refractivity contribution < 1.29 is 9.84 Å². The van der Waals surface area contributed by atoms with Crippen molar-refractivity contribution >= 4 is 0 Å². The number of hydrogen-bond donors (Lipinski definition) is 1. The summed E-state index contributed by atoms with van der Waals surface area (Å²) in [6, 6.07) is 9.32. The van der Waals surface area contributed by atoms with Crippen molar-refractivity contribution in [1.29, 1.82) is 0 Å². The van der Waals surface area contributed by atoms with Crippen LogP contribution in [0.5, 0.6) is 5.75 Å². The van der Waals surface area contributed by atoms with Gasteiger partial charge in [0.05, 0.1) is 0 Å². The standard InChI is InChI=1S/C18H27NO2/c1-13-3-9-18(10-4-13)21-12-17(20)11-19(16-7-8-16)14(2)15-5-6-15/h3-4,9-10,14-17,20H,5-8,11-12H2,1-2H3. The molecule has 0 amide bonds. The topological polar surface area (TPSA) is 32.7 Å². The Balaban J connectivity index is 1.47. The van der Waals surface area contributed by atoms with Gasteiger partial charge in [0.2, 0.25) is 0 Å². The summed E-state index contributed by atoms with van der Waals surface area (Å²) < 4.78 is 5.70. The van der Waals surface area contributed by atoms with Gasteiger partial charge in [0, 0.05) is 18.6 Å². The maximum Gasteiger partial charge on any atom is 0.119 e. The summed E-state index contributed by atoms with van der Waals surface area (Å²) in [6.45, 7) is 5.51. The summed E-state index contributed by atoms with van der Waals surface area (Å²) >= 11 is 0. The van der Waals surface area contributed by atoms with Crippen LogP contribution in [0.4, 0.5) is 0 Å². The molecule has 2 atom stereocenters. The lowest BCUT2D eigenvalue weighted by molar-refractivity contribution is 0.0470. The predicted octanol–water partition coefficient (Wildman–Crippen LogP) is 3.00. The van der Waals surface area contributed by atoms with E-state index in [0.29, 0.717) is 18.7 Å². The van der Waals surface area contributed by atoms with Crippen molar-refractivity contribution in [3.05, 3.63) is 29.8 Å². The number of aliphatic hydroxyl groups is 1. The molecule has 3 heteroatoms.